The smallest absolute Gasteiger partial charge is 0.306 e. The van der Waals surface area contributed by atoms with E-state index < -0.39 is 36.2 Å². The largest absolute Gasteiger partial charge is 0.481 e. The van der Waals surface area contributed by atoms with Crippen LogP contribution in [-0.4, -0.2) is 57.9 Å². The van der Waals surface area contributed by atoms with Crippen LogP contribution in [0.4, 0.5) is 0 Å². The fraction of sp³-hybridized carbons (Fsp3) is 0.382. The Bertz CT molecular complexity index is 1460. The minimum Gasteiger partial charge on any atom is -0.481 e. The third-order valence-electron chi connectivity index (χ3n) is 8.51. The van der Waals surface area contributed by atoms with Crippen molar-refractivity contribution < 1.29 is 24.2 Å². The van der Waals surface area contributed by atoms with E-state index in [9.17, 15) is 19.5 Å². The molecule has 44 heavy (non-hydrogen) atoms. The summed E-state index contributed by atoms with van der Waals surface area (Å²) < 4.78 is 7.81. The second-order valence-corrected chi connectivity index (χ2v) is 13.5. The van der Waals surface area contributed by atoms with Crippen LogP contribution in [0.15, 0.2) is 72.8 Å². The first kappa shape index (κ1) is 32.7. The number of amides is 2. The van der Waals surface area contributed by atoms with Crippen LogP contribution in [0, 0.1) is 9.49 Å². The number of carboxylic acids is 1. The van der Waals surface area contributed by atoms with E-state index >= 15 is 0 Å². The molecule has 0 unspecified atom stereocenters. The SMILES string of the molecule is CCC[C@@H](C(=O)N1CCC(C(=O)O)CC1)N1C(=O)[C@@H](Cc2ccc(I)cc2)O[C@H](c2ccc(Cl)cc2)[C@@H]1c1ccc(Cl)cc1. The van der Waals surface area contributed by atoms with Gasteiger partial charge in [0.15, 0.2) is 0 Å². The molecule has 2 fully saturated rings. The van der Waals surface area contributed by atoms with Crippen molar-refractivity contribution in [1.29, 1.82) is 0 Å². The molecule has 7 nitrogen and oxygen atoms in total. The number of aliphatic carboxylic acids is 1. The molecule has 0 bridgehead atoms. The first-order valence-electron chi connectivity index (χ1n) is 14.9. The van der Waals surface area contributed by atoms with Gasteiger partial charge in [-0.3, -0.25) is 14.4 Å². The number of ether oxygens (including phenoxy) is 1. The predicted molar refractivity (Wildman–Crippen MR) is 179 cm³/mol. The van der Waals surface area contributed by atoms with Crippen LogP contribution in [0.5, 0.6) is 0 Å². The molecule has 4 atom stereocenters. The lowest BCUT2D eigenvalue weighted by atomic mass is 9.88. The molecule has 5 rings (SSSR count). The van der Waals surface area contributed by atoms with E-state index in [1.807, 2.05) is 55.5 Å². The van der Waals surface area contributed by atoms with Crippen LogP contribution in [0.1, 0.15) is 61.4 Å². The van der Waals surface area contributed by atoms with Crippen LogP contribution in [-0.2, 0) is 25.5 Å². The number of hydrogen-bond acceptors (Lipinski definition) is 4. The minimum atomic E-state index is -0.836. The van der Waals surface area contributed by atoms with E-state index in [4.69, 9.17) is 27.9 Å². The van der Waals surface area contributed by atoms with Gasteiger partial charge in [-0.25, -0.2) is 0 Å². The Morgan fingerprint density at radius 3 is 2.05 bits per heavy atom. The fourth-order valence-corrected chi connectivity index (χ4v) is 6.81. The van der Waals surface area contributed by atoms with Crippen LogP contribution < -0.4 is 0 Å². The molecule has 0 radical (unpaired) electrons. The molecule has 0 aliphatic carbocycles. The normalized spacial score (nSPS) is 21.7. The highest BCUT2D eigenvalue weighted by Gasteiger charge is 2.49. The van der Waals surface area contributed by atoms with Crippen molar-refractivity contribution in [2.45, 2.75) is 63.3 Å². The molecule has 0 spiro atoms. The number of carbonyl (C=O) groups excluding carboxylic acids is 2. The number of hydrogen-bond donors (Lipinski definition) is 1. The second-order valence-electron chi connectivity index (χ2n) is 11.4. The van der Waals surface area contributed by atoms with Crippen molar-refractivity contribution in [2.24, 2.45) is 5.92 Å². The summed E-state index contributed by atoms with van der Waals surface area (Å²) in [5.74, 6) is -1.71. The van der Waals surface area contributed by atoms with Crippen LogP contribution in [0.25, 0.3) is 0 Å². The second kappa shape index (κ2) is 14.6. The topological polar surface area (TPSA) is 87.2 Å². The minimum absolute atomic E-state index is 0.159. The maximum Gasteiger partial charge on any atom is 0.306 e. The number of halogens is 3. The Balaban J connectivity index is 1.59. The van der Waals surface area contributed by atoms with Crippen LogP contribution in [0.3, 0.4) is 0 Å². The molecule has 3 aromatic rings. The quantitative estimate of drug-likeness (QED) is 0.232. The summed E-state index contributed by atoms with van der Waals surface area (Å²) in [6.07, 6.45) is 0.834. The summed E-state index contributed by atoms with van der Waals surface area (Å²) >= 11 is 14.8. The number of likely N-dealkylation sites (tertiary alicyclic amines) is 1. The number of piperidine rings is 1. The van der Waals surface area contributed by atoms with E-state index in [0.29, 0.717) is 55.2 Å². The van der Waals surface area contributed by atoms with E-state index in [1.54, 1.807) is 34.1 Å². The zero-order chi connectivity index (χ0) is 31.4. The number of rotatable bonds is 9. The molecule has 3 aromatic carbocycles. The van der Waals surface area contributed by atoms with Gasteiger partial charge in [0, 0.05) is 33.1 Å². The first-order valence-corrected chi connectivity index (χ1v) is 16.7. The Morgan fingerprint density at radius 1 is 0.932 bits per heavy atom. The summed E-state index contributed by atoms with van der Waals surface area (Å²) in [5.41, 5.74) is 2.59. The van der Waals surface area contributed by atoms with Gasteiger partial charge in [0.05, 0.1) is 12.0 Å². The number of morpholine rings is 1. The van der Waals surface area contributed by atoms with Gasteiger partial charge in [-0.1, -0.05) is 72.9 Å². The Hall–Kier alpha value is -2.66. The number of nitrogens with zero attached hydrogens (tertiary/aromatic N) is 2. The zero-order valence-corrected chi connectivity index (χ0v) is 28.0. The van der Waals surface area contributed by atoms with Crippen LogP contribution in [0.2, 0.25) is 10.0 Å². The highest BCUT2D eigenvalue weighted by atomic mass is 127. The third-order valence-corrected chi connectivity index (χ3v) is 9.73. The summed E-state index contributed by atoms with van der Waals surface area (Å²) in [6.45, 7) is 2.68. The number of carbonyl (C=O) groups is 3. The van der Waals surface area contributed by atoms with E-state index in [2.05, 4.69) is 22.6 Å². The molecule has 2 heterocycles. The monoisotopic (exact) mass is 748 g/mol. The van der Waals surface area contributed by atoms with E-state index in [0.717, 1.165) is 20.3 Å². The maximum absolute atomic E-state index is 14.6. The zero-order valence-electron chi connectivity index (χ0n) is 24.4. The van der Waals surface area contributed by atoms with Crippen LogP contribution >= 0.6 is 45.8 Å². The van der Waals surface area contributed by atoms with Crippen molar-refractivity contribution >= 4 is 63.6 Å². The molecular formula is C34H35Cl2IN2O5. The van der Waals surface area contributed by atoms with Crippen molar-refractivity contribution in [3.63, 3.8) is 0 Å². The molecule has 0 saturated carbocycles. The molecule has 10 heteroatoms. The Kier molecular flexibility index (Phi) is 10.9. The van der Waals surface area contributed by atoms with Gasteiger partial charge in [0.25, 0.3) is 5.91 Å². The molecule has 2 aliphatic heterocycles. The highest BCUT2D eigenvalue weighted by Crippen LogP contribution is 2.45. The molecule has 2 aliphatic rings. The lowest BCUT2D eigenvalue weighted by Gasteiger charge is -2.48. The Morgan fingerprint density at radius 2 is 1.50 bits per heavy atom. The fourth-order valence-electron chi connectivity index (χ4n) is 6.20. The molecule has 2 amide bonds. The predicted octanol–water partition coefficient (Wildman–Crippen LogP) is 7.34. The summed E-state index contributed by atoms with van der Waals surface area (Å²) in [6, 6.07) is 21.3. The summed E-state index contributed by atoms with van der Waals surface area (Å²) in [7, 11) is 0. The molecular weight excluding hydrogens is 714 g/mol. The van der Waals surface area contributed by atoms with Gasteiger partial charge in [-0.15, -0.1) is 0 Å². The van der Waals surface area contributed by atoms with Gasteiger partial charge < -0.3 is 19.6 Å². The van der Waals surface area contributed by atoms with Gasteiger partial charge in [-0.2, -0.15) is 0 Å². The van der Waals surface area contributed by atoms with Gasteiger partial charge >= 0.3 is 5.97 Å². The lowest BCUT2D eigenvalue weighted by molar-refractivity contribution is -0.183. The van der Waals surface area contributed by atoms with Crippen molar-refractivity contribution in [1.82, 2.24) is 9.80 Å². The molecule has 232 valence electrons. The Labute approximate surface area is 281 Å². The van der Waals surface area contributed by atoms with E-state index in [1.165, 1.54) is 0 Å². The van der Waals surface area contributed by atoms with Gasteiger partial charge in [0.2, 0.25) is 5.91 Å². The highest BCUT2D eigenvalue weighted by molar-refractivity contribution is 14.1. The average molecular weight is 749 g/mol. The number of carboxylic acid groups (broad SMARTS) is 1. The maximum atomic E-state index is 14.6. The standard InChI is InChI=1S/C34H35Cl2IN2O5/c1-2-3-28(32(40)38-18-16-24(17-19-38)34(42)43)39-30(22-6-10-25(35)11-7-22)31(23-8-12-26(36)13-9-23)44-29(33(39)41)20-21-4-14-27(37)15-5-21/h4-15,24,28-31H,2-3,16-20H2,1H3,(H,42,43)/t28-,29+,30-,31+/m0/s1. The first-order chi connectivity index (χ1) is 21.2. The number of benzene rings is 3. The molecule has 1 N–H and O–H groups in total. The third kappa shape index (κ3) is 7.41. The summed E-state index contributed by atoms with van der Waals surface area (Å²) in [5, 5.41) is 10.7. The van der Waals surface area contributed by atoms with Gasteiger partial charge in [0.1, 0.15) is 18.2 Å². The lowest BCUT2D eigenvalue weighted by Crippen LogP contribution is -2.60. The van der Waals surface area contributed by atoms with E-state index in [-0.39, 0.29) is 11.8 Å². The van der Waals surface area contributed by atoms with Crippen molar-refractivity contribution in [3.05, 3.63) is 103 Å². The van der Waals surface area contributed by atoms with Crippen molar-refractivity contribution in [2.75, 3.05) is 13.1 Å². The van der Waals surface area contributed by atoms with Crippen molar-refractivity contribution in [3.8, 4) is 0 Å². The summed E-state index contributed by atoms with van der Waals surface area (Å²) in [4.78, 5) is 44.0. The average Bonchev–Trinajstić information content (AvgIpc) is 3.02. The molecule has 2 saturated heterocycles. The van der Waals surface area contributed by atoms with Gasteiger partial charge in [-0.05, 0) is 94.9 Å². The molecule has 0 aromatic heterocycles.